The number of nitrogens with one attached hydrogen (secondary N) is 1. The molecule has 0 aromatic carbocycles. The van der Waals surface area contributed by atoms with Crippen molar-refractivity contribution in [2.45, 2.75) is 63.2 Å². The predicted octanol–water partition coefficient (Wildman–Crippen LogP) is 1.83. The van der Waals surface area contributed by atoms with Gasteiger partial charge in [-0.3, -0.25) is 14.5 Å². The molecular formula is C26H40FN5O5. The molecular weight excluding hydrogens is 481 g/mol. The normalized spacial score (nSPS) is 27.6. The second kappa shape index (κ2) is 12.8. The van der Waals surface area contributed by atoms with E-state index in [2.05, 4.69) is 20.1 Å². The number of rotatable bonds is 11. The molecule has 4 saturated heterocycles. The molecule has 0 aliphatic carbocycles. The van der Waals surface area contributed by atoms with Gasteiger partial charge in [-0.05, 0) is 63.7 Å². The molecule has 3 N–H and O–H groups in total. The minimum atomic E-state index is -0.767. The molecule has 0 radical (unpaired) electrons. The Morgan fingerprint density at radius 3 is 2.57 bits per heavy atom. The van der Waals surface area contributed by atoms with E-state index < -0.39 is 11.7 Å². The van der Waals surface area contributed by atoms with E-state index in [1.807, 2.05) is 0 Å². The molecule has 4 fully saturated rings. The quantitative estimate of drug-likeness (QED) is 0.332. The fourth-order valence-corrected chi connectivity index (χ4v) is 5.69. The average Bonchev–Trinajstić information content (AvgIpc) is 2.91. The highest BCUT2D eigenvalue weighted by atomic mass is 19.1. The summed E-state index contributed by atoms with van der Waals surface area (Å²) in [5.74, 6) is -1.10. The Hall–Kier alpha value is -2.50. The van der Waals surface area contributed by atoms with Crippen LogP contribution in [0.25, 0.3) is 0 Å². The zero-order chi connectivity index (χ0) is 26.4. The number of unbranched alkanes of at least 4 members (excludes halogenated alkanes) is 2. The minimum Gasteiger partial charge on any atom is -0.480 e. The lowest BCUT2D eigenvalue weighted by Gasteiger charge is -2.43. The van der Waals surface area contributed by atoms with Gasteiger partial charge in [0.05, 0.1) is 19.3 Å². The van der Waals surface area contributed by atoms with Crippen molar-refractivity contribution in [2.75, 3.05) is 59.2 Å². The summed E-state index contributed by atoms with van der Waals surface area (Å²) in [4.78, 5) is 33.6. The van der Waals surface area contributed by atoms with Crippen LogP contribution in [-0.4, -0.2) is 98.4 Å². The van der Waals surface area contributed by atoms with Gasteiger partial charge in [0, 0.05) is 33.2 Å². The number of nitrogens with two attached hydrogens (primary N) is 1. The van der Waals surface area contributed by atoms with Crippen molar-refractivity contribution >= 4 is 17.7 Å². The first-order chi connectivity index (χ1) is 17.9. The van der Waals surface area contributed by atoms with Crippen molar-refractivity contribution < 1.29 is 28.2 Å². The van der Waals surface area contributed by atoms with E-state index in [1.54, 1.807) is 7.11 Å². The average molecular weight is 522 g/mol. The summed E-state index contributed by atoms with van der Waals surface area (Å²) in [5.41, 5.74) is 5.48. The molecule has 5 heterocycles. The largest absolute Gasteiger partial charge is 0.480 e. The molecule has 1 aromatic rings. The number of anilines is 1. The van der Waals surface area contributed by atoms with Crippen LogP contribution in [0.1, 0.15) is 55.3 Å². The molecule has 37 heavy (non-hydrogen) atoms. The highest BCUT2D eigenvalue weighted by molar-refractivity contribution is 5.96. The van der Waals surface area contributed by atoms with Crippen LogP contribution in [0.3, 0.4) is 0 Å². The Balaban J connectivity index is 1.15. The van der Waals surface area contributed by atoms with Gasteiger partial charge in [0.2, 0.25) is 5.88 Å². The van der Waals surface area contributed by atoms with Gasteiger partial charge in [0.15, 0.2) is 11.6 Å². The summed E-state index contributed by atoms with van der Waals surface area (Å²) < 4.78 is 30.4. The van der Waals surface area contributed by atoms with Crippen molar-refractivity contribution in [2.24, 2.45) is 5.92 Å². The fraction of sp³-hybridized carbons (Fsp3) is 0.731. The van der Waals surface area contributed by atoms with Gasteiger partial charge in [-0.25, -0.2) is 4.39 Å². The standard InChI is InChI=1S/C26H40FN5O5/c1-35-22-16-31(10-5-3-4-6-23(33)37-21-15-32-11-7-17(21)8-12-32)13-9-20(22)29-25(34)18-14-19(27)24(28)30-26(18)36-2/h14,17,20-22H,3-13,15-16H2,1-2H3,(H2,28,30)(H,29,34)/t20-,21-,22+/m1/s1. The van der Waals surface area contributed by atoms with Crippen LogP contribution < -0.4 is 15.8 Å². The Labute approximate surface area is 218 Å². The minimum absolute atomic E-state index is 0.00138. The third-order valence-corrected chi connectivity index (χ3v) is 7.90. The number of hydrogen-bond donors (Lipinski definition) is 2. The van der Waals surface area contributed by atoms with Crippen molar-refractivity contribution in [3.8, 4) is 5.88 Å². The van der Waals surface area contributed by atoms with Crippen LogP contribution in [-0.2, 0) is 14.3 Å². The number of pyridine rings is 1. The number of nitrogen functional groups attached to an aromatic ring is 1. The number of likely N-dealkylation sites (tertiary alicyclic amines) is 1. The molecule has 0 spiro atoms. The summed E-state index contributed by atoms with van der Waals surface area (Å²) in [7, 11) is 2.98. The molecule has 0 saturated carbocycles. The smallest absolute Gasteiger partial charge is 0.306 e. The number of fused-ring (bicyclic) bond motifs is 3. The van der Waals surface area contributed by atoms with E-state index in [0.29, 0.717) is 25.3 Å². The number of amides is 1. The fourth-order valence-electron chi connectivity index (χ4n) is 5.69. The van der Waals surface area contributed by atoms with Gasteiger partial charge in [-0.2, -0.15) is 4.98 Å². The third kappa shape index (κ3) is 7.08. The maximum Gasteiger partial charge on any atom is 0.306 e. The van der Waals surface area contributed by atoms with Gasteiger partial charge < -0.3 is 30.2 Å². The van der Waals surface area contributed by atoms with E-state index in [-0.39, 0.29) is 41.5 Å². The van der Waals surface area contributed by atoms with Gasteiger partial charge in [-0.15, -0.1) is 0 Å². The summed E-state index contributed by atoms with van der Waals surface area (Å²) in [6.45, 7) is 5.56. The van der Waals surface area contributed by atoms with E-state index in [0.717, 1.165) is 70.9 Å². The van der Waals surface area contributed by atoms with Gasteiger partial charge in [0.25, 0.3) is 5.91 Å². The molecule has 1 amide bonds. The van der Waals surface area contributed by atoms with Crippen LogP contribution in [0.15, 0.2) is 6.07 Å². The highest BCUT2D eigenvalue weighted by Crippen LogP contribution is 2.30. The number of ether oxygens (including phenoxy) is 3. The summed E-state index contributed by atoms with van der Waals surface area (Å²) in [6.07, 6.45) is 6.11. The molecule has 5 rings (SSSR count). The van der Waals surface area contributed by atoms with Crippen LogP contribution in [0.4, 0.5) is 10.2 Å². The SMILES string of the molecule is COc1nc(N)c(F)cc1C(=O)N[C@@H]1CCN(CCCCCC(=O)O[C@@H]2CN3CCC2CC3)C[C@@H]1OC. The van der Waals surface area contributed by atoms with Crippen molar-refractivity contribution in [1.29, 1.82) is 0 Å². The second-order valence-electron chi connectivity index (χ2n) is 10.3. The van der Waals surface area contributed by atoms with E-state index in [1.165, 1.54) is 7.11 Å². The lowest BCUT2D eigenvalue weighted by atomic mass is 9.86. The highest BCUT2D eigenvalue weighted by Gasteiger charge is 2.36. The molecule has 10 nitrogen and oxygen atoms in total. The summed E-state index contributed by atoms with van der Waals surface area (Å²) in [5, 5.41) is 2.94. The van der Waals surface area contributed by atoms with E-state index in [4.69, 9.17) is 19.9 Å². The lowest BCUT2D eigenvalue weighted by Crippen LogP contribution is -2.54. The van der Waals surface area contributed by atoms with Gasteiger partial charge in [-0.1, -0.05) is 6.42 Å². The number of carbonyl (C=O) groups is 2. The summed E-state index contributed by atoms with van der Waals surface area (Å²) in [6, 6.07) is 0.820. The van der Waals surface area contributed by atoms with Crippen LogP contribution in [0.2, 0.25) is 0 Å². The first-order valence-electron chi connectivity index (χ1n) is 13.4. The van der Waals surface area contributed by atoms with Crippen LogP contribution >= 0.6 is 0 Å². The monoisotopic (exact) mass is 521 g/mol. The molecule has 3 atom stereocenters. The number of esters is 1. The van der Waals surface area contributed by atoms with Crippen LogP contribution in [0.5, 0.6) is 5.88 Å². The first-order valence-corrected chi connectivity index (χ1v) is 13.4. The molecule has 0 unspecified atom stereocenters. The van der Waals surface area contributed by atoms with Crippen molar-refractivity contribution in [1.82, 2.24) is 20.1 Å². The Kier molecular flexibility index (Phi) is 9.55. The number of methoxy groups -OCH3 is 2. The maximum atomic E-state index is 13.9. The number of nitrogens with zero attached hydrogens (tertiary/aromatic N) is 3. The first kappa shape index (κ1) is 27.5. The summed E-state index contributed by atoms with van der Waals surface area (Å²) >= 11 is 0. The number of hydrogen-bond acceptors (Lipinski definition) is 9. The van der Waals surface area contributed by atoms with Crippen molar-refractivity contribution in [3.05, 3.63) is 17.4 Å². The Bertz CT molecular complexity index is 942. The second-order valence-corrected chi connectivity index (χ2v) is 10.3. The Morgan fingerprint density at radius 2 is 1.89 bits per heavy atom. The van der Waals surface area contributed by atoms with Crippen LogP contribution in [0, 0.1) is 11.7 Å². The van der Waals surface area contributed by atoms with E-state index in [9.17, 15) is 14.0 Å². The van der Waals surface area contributed by atoms with Crippen molar-refractivity contribution in [3.63, 3.8) is 0 Å². The topological polar surface area (TPSA) is 119 Å². The molecule has 1 aromatic heterocycles. The van der Waals surface area contributed by atoms with E-state index >= 15 is 0 Å². The lowest BCUT2D eigenvalue weighted by molar-refractivity contribution is -0.158. The number of aromatic nitrogens is 1. The molecule has 11 heteroatoms. The van der Waals surface area contributed by atoms with Gasteiger partial charge >= 0.3 is 5.97 Å². The Morgan fingerprint density at radius 1 is 1.11 bits per heavy atom. The number of piperidine rings is 4. The number of carbonyl (C=O) groups excluding carboxylic acids is 2. The van der Waals surface area contributed by atoms with Gasteiger partial charge in [0.1, 0.15) is 11.7 Å². The number of halogens is 1. The molecule has 4 aliphatic rings. The zero-order valence-corrected chi connectivity index (χ0v) is 21.9. The molecule has 2 bridgehead atoms. The zero-order valence-electron chi connectivity index (χ0n) is 21.9. The predicted molar refractivity (Wildman–Crippen MR) is 136 cm³/mol. The molecule has 4 aliphatic heterocycles. The third-order valence-electron chi connectivity index (χ3n) is 7.90. The maximum absolute atomic E-state index is 13.9. The molecule has 206 valence electrons.